The van der Waals surface area contributed by atoms with Crippen LogP contribution in [-0.4, -0.2) is 50.1 Å². The molecule has 29 heavy (non-hydrogen) atoms. The van der Waals surface area contributed by atoms with E-state index in [9.17, 15) is 9.59 Å². The van der Waals surface area contributed by atoms with Gasteiger partial charge in [-0.15, -0.1) is 0 Å². The average Bonchev–Trinajstić information content (AvgIpc) is 3.31. The molecule has 0 bridgehead atoms. The maximum atomic E-state index is 12.7. The number of rotatable bonds is 5. The summed E-state index contributed by atoms with van der Waals surface area (Å²) < 4.78 is 10.6. The lowest BCUT2D eigenvalue weighted by Gasteiger charge is -2.32. The van der Waals surface area contributed by atoms with E-state index in [1.165, 1.54) is 7.11 Å². The van der Waals surface area contributed by atoms with Crippen LogP contribution >= 0.6 is 0 Å². The van der Waals surface area contributed by atoms with Crippen LogP contribution < -0.4 is 9.64 Å². The standard InChI is InChI=1S/C23H26N2O4/c1-28-22(26)10-7-17-5-4-6-19(15-17)25-13-14-29-21-16-18(8-9-20(21)25)23(27)24-11-2-3-12-24/h4-6,8-9,15-16H,2-3,7,10-14H2,1H3. The number of anilines is 2. The summed E-state index contributed by atoms with van der Waals surface area (Å²) in [6.45, 7) is 2.95. The maximum absolute atomic E-state index is 12.7. The topological polar surface area (TPSA) is 59.1 Å². The SMILES string of the molecule is COC(=O)CCc1cccc(N2CCOc3cc(C(=O)N4CCCC4)ccc32)c1. The van der Waals surface area contributed by atoms with E-state index in [1.54, 1.807) is 0 Å². The van der Waals surface area contributed by atoms with E-state index < -0.39 is 0 Å². The van der Waals surface area contributed by atoms with E-state index in [0.717, 1.165) is 55.2 Å². The van der Waals surface area contributed by atoms with Crippen LogP contribution in [0.1, 0.15) is 35.2 Å². The number of benzene rings is 2. The van der Waals surface area contributed by atoms with E-state index in [0.29, 0.717) is 25.0 Å². The van der Waals surface area contributed by atoms with Crippen LogP contribution in [0.2, 0.25) is 0 Å². The fraction of sp³-hybridized carbons (Fsp3) is 0.391. The quantitative estimate of drug-likeness (QED) is 0.726. The molecule has 0 saturated carbocycles. The van der Waals surface area contributed by atoms with Gasteiger partial charge in [0.2, 0.25) is 0 Å². The molecule has 2 aromatic carbocycles. The average molecular weight is 394 g/mol. The van der Waals surface area contributed by atoms with Gasteiger partial charge in [-0.25, -0.2) is 0 Å². The van der Waals surface area contributed by atoms with Crippen molar-refractivity contribution in [1.82, 2.24) is 4.90 Å². The summed E-state index contributed by atoms with van der Waals surface area (Å²) in [6, 6.07) is 13.9. The number of methoxy groups -OCH3 is 1. The zero-order valence-corrected chi connectivity index (χ0v) is 16.7. The third-order valence-corrected chi connectivity index (χ3v) is 5.53. The fourth-order valence-electron chi connectivity index (χ4n) is 3.95. The Labute approximate surface area is 171 Å². The van der Waals surface area contributed by atoms with Gasteiger partial charge in [0.05, 0.1) is 19.3 Å². The van der Waals surface area contributed by atoms with Crippen molar-refractivity contribution < 1.29 is 19.1 Å². The van der Waals surface area contributed by atoms with Crippen LogP contribution in [0.4, 0.5) is 11.4 Å². The highest BCUT2D eigenvalue weighted by Gasteiger charge is 2.24. The lowest BCUT2D eigenvalue weighted by Crippen LogP contribution is -2.30. The van der Waals surface area contributed by atoms with Gasteiger partial charge in [0.15, 0.2) is 0 Å². The Hall–Kier alpha value is -3.02. The molecule has 2 aromatic rings. The molecule has 0 unspecified atom stereocenters. The summed E-state index contributed by atoms with van der Waals surface area (Å²) >= 11 is 0. The highest BCUT2D eigenvalue weighted by Crippen LogP contribution is 2.37. The summed E-state index contributed by atoms with van der Waals surface area (Å²) in [5.41, 5.74) is 3.77. The van der Waals surface area contributed by atoms with Gasteiger partial charge >= 0.3 is 5.97 Å². The molecule has 2 heterocycles. The number of esters is 1. The molecular weight excluding hydrogens is 368 g/mol. The first-order valence-corrected chi connectivity index (χ1v) is 10.1. The van der Waals surface area contributed by atoms with Crippen molar-refractivity contribution in [2.24, 2.45) is 0 Å². The van der Waals surface area contributed by atoms with E-state index >= 15 is 0 Å². The van der Waals surface area contributed by atoms with Crippen molar-refractivity contribution in [3.05, 3.63) is 53.6 Å². The highest BCUT2D eigenvalue weighted by atomic mass is 16.5. The van der Waals surface area contributed by atoms with Crippen LogP contribution in [0, 0.1) is 0 Å². The Morgan fingerprint density at radius 1 is 1.07 bits per heavy atom. The van der Waals surface area contributed by atoms with Gasteiger partial charge in [-0.2, -0.15) is 0 Å². The van der Waals surface area contributed by atoms with Gasteiger partial charge in [-0.1, -0.05) is 12.1 Å². The predicted octanol–water partition coefficient (Wildman–Crippen LogP) is 3.56. The molecule has 1 amide bonds. The molecule has 0 radical (unpaired) electrons. The number of hydrogen-bond acceptors (Lipinski definition) is 5. The number of likely N-dealkylation sites (tertiary alicyclic amines) is 1. The molecule has 2 aliphatic heterocycles. The van der Waals surface area contributed by atoms with Crippen LogP contribution in [0.15, 0.2) is 42.5 Å². The van der Waals surface area contributed by atoms with Crippen molar-refractivity contribution >= 4 is 23.3 Å². The van der Waals surface area contributed by atoms with E-state index in [-0.39, 0.29) is 11.9 Å². The summed E-state index contributed by atoms with van der Waals surface area (Å²) in [4.78, 5) is 28.2. The van der Waals surface area contributed by atoms with Crippen LogP contribution in [0.5, 0.6) is 5.75 Å². The minimum Gasteiger partial charge on any atom is -0.490 e. The smallest absolute Gasteiger partial charge is 0.305 e. The first-order valence-electron chi connectivity index (χ1n) is 10.1. The number of carbonyl (C=O) groups is 2. The molecular formula is C23H26N2O4. The number of ether oxygens (including phenoxy) is 2. The van der Waals surface area contributed by atoms with Gasteiger partial charge in [-0.3, -0.25) is 9.59 Å². The molecule has 6 nitrogen and oxygen atoms in total. The van der Waals surface area contributed by atoms with Crippen molar-refractivity contribution in [3.8, 4) is 5.75 Å². The maximum Gasteiger partial charge on any atom is 0.305 e. The molecule has 0 aromatic heterocycles. The van der Waals surface area contributed by atoms with Crippen LogP contribution in [0.25, 0.3) is 0 Å². The Morgan fingerprint density at radius 3 is 2.69 bits per heavy atom. The molecule has 152 valence electrons. The lowest BCUT2D eigenvalue weighted by molar-refractivity contribution is -0.140. The third-order valence-electron chi connectivity index (χ3n) is 5.53. The first kappa shape index (κ1) is 19.3. The number of fused-ring (bicyclic) bond motifs is 1. The Morgan fingerprint density at radius 2 is 1.90 bits per heavy atom. The van der Waals surface area contributed by atoms with E-state index in [4.69, 9.17) is 9.47 Å². The second kappa shape index (κ2) is 8.55. The molecule has 0 spiro atoms. The summed E-state index contributed by atoms with van der Waals surface area (Å²) in [6.07, 6.45) is 3.16. The molecule has 1 fully saturated rings. The van der Waals surface area contributed by atoms with Crippen molar-refractivity contribution in [1.29, 1.82) is 0 Å². The molecule has 0 atom stereocenters. The second-order valence-electron chi connectivity index (χ2n) is 7.43. The van der Waals surface area contributed by atoms with Gasteiger partial charge in [0.25, 0.3) is 5.91 Å². The van der Waals surface area contributed by atoms with E-state index in [2.05, 4.69) is 17.0 Å². The Kier molecular flexibility index (Phi) is 5.69. The summed E-state index contributed by atoms with van der Waals surface area (Å²) in [5, 5.41) is 0. The third kappa shape index (κ3) is 4.21. The summed E-state index contributed by atoms with van der Waals surface area (Å²) in [7, 11) is 1.41. The Balaban J connectivity index is 1.55. The number of amides is 1. The number of nitrogens with zero attached hydrogens (tertiary/aromatic N) is 2. The van der Waals surface area contributed by atoms with Crippen LogP contribution in [0.3, 0.4) is 0 Å². The normalized spacial score (nSPS) is 15.6. The number of hydrogen-bond donors (Lipinski definition) is 0. The Bertz CT molecular complexity index is 906. The largest absolute Gasteiger partial charge is 0.490 e. The minimum absolute atomic E-state index is 0.0795. The molecule has 6 heteroatoms. The zero-order valence-electron chi connectivity index (χ0n) is 16.7. The van der Waals surface area contributed by atoms with Gasteiger partial charge in [-0.05, 0) is 55.2 Å². The van der Waals surface area contributed by atoms with Crippen LogP contribution in [-0.2, 0) is 16.0 Å². The van der Waals surface area contributed by atoms with Crippen molar-refractivity contribution in [3.63, 3.8) is 0 Å². The number of aryl methyl sites for hydroxylation is 1. The van der Waals surface area contributed by atoms with Gasteiger partial charge in [0, 0.05) is 30.8 Å². The lowest BCUT2D eigenvalue weighted by atomic mass is 10.1. The molecule has 0 N–H and O–H groups in total. The van der Waals surface area contributed by atoms with E-state index in [1.807, 2.05) is 35.2 Å². The molecule has 0 aliphatic carbocycles. The van der Waals surface area contributed by atoms with Crippen molar-refractivity contribution in [2.45, 2.75) is 25.7 Å². The van der Waals surface area contributed by atoms with Gasteiger partial charge in [0.1, 0.15) is 12.4 Å². The minimum atomic E-state index is -0.206. The molecule has 4 rings (SSSR count). The number of carbonyl (C=O) groups excluding carboxylic acids is 2. The van der Waals surface area contributed by atoms with Crippen molar-refractivity contribution in [2.75, 3.05) is 38.3 Å². The molecule has 1 saturated heterocycles. The summed E-state index contributed by atoms with van der Waals surface area (Å²) in [5.74, 6) is 0.611. The molecule has 2 aliphatic rings. The highest BCUT2D eigenvalue weighted by molar-refractivity contribution is 5.95. The first-order chi connectivity index (χ1) is 14.2. The van der Waals surface area contributed by atoms with Gasteiger partial charge < -0.3 is 19.3 Å². The monoisotopic (exact) mass is 394 g/mol. The zero-order chi connectivity index (χ0) is 20.2. The second-order valence-corrected chi connectivity index (χ2v) is 7.43. The predicted molar refractivity (Wildman–Crippen MR) is 111 cm³/mol. The fourth-order valence-corrected chi connectivity index (χ4v) is 3.95.